The lowest BCUT2D eigenvalue weighted by Crippen LogP contribution is -2.22. The van der Waals surface area contributed by atoms with Gasteiger partial charge in [0.15, 0.2) is 11.5 Å². The Morgan fingerprint density at radius 1 is 1.03 bits per heavy atom. The van der Waals surface area contributed by atoms with E-state index in [-0.39, 0.29) is 5.56 Å². The third-order valence-electron chi connectivity index (χ3n) is 5.44. The van der Waals surface area contributed by atoms with Crippen molar-refractivity contribution in [1.82, 2.24) is 14.4 Å². The number of rotatable bonds is 8. The van der Waals surface area contributed by atoms with Crippen LogP contribution in [0.15, 0.2) is 60.9 Å². The van der Waals surface area contributed by atoms with Gasteiger partial charge in [0, 0.05) is 30.1 Å². The molecule has 0 radical (unpaired) electrons. The Bertz CT molecular complexity index is 1530. The first-order valence-corrected chi connectivity index (χ1v) is 11.8. The van der Waals surface area contributed by atoms with Crippen LogP contribution in [-0.4, -0.2) is 46.1 Å². The van der Waals surface area contributed by atoms with Crippen LogP contribution in [0.25, 0.3) is 23.0 Å². The van der Waals surface area contributed by atoms with Crippen molar-refractivity contribution in [3.63, 3.8) is 0 Å². The van der Waals surface area contributed by atoms with Crippen molar-refractivity contribution in [1.29, 1.82) is 0 Å². The Hall–Kier alpha value is -4.86. The van der Waals surface area contributed by atoms with Crippen LogP contribution >= 0.6 is 0 Å². The number of esters is 1. The van der Waals surface area contributed by atoms with Gasteiger partial charge in [0.25, 0.3) is 5.91 Å². The Balaban J connectivity index is 1.69. The highest BCUT2D eigenvalue weighted by molar-refractivity contribution is 6.00. The summed E-state index contributed by atoms with van der Waals surface area (Å²) in [5, 5.41) is 3.21. The molecule has 3 N–H and O–H groups in total. The lowest BCUT2D eigenvalue weighted by atomic mass is 10.1. The van der Waals surface area contributed by atoms with Crippen molar-refractivity contribution in [3.8, 4) is 22.8 Å². The molecule has 0 aliphatic rings. The van der Waals surface area contributed by atoms with Crippen molar-refractivity contribution in [2.24, 2.45) is 5.73 Å². The molecule has 0 spiro atoms. The van der Waals surface area contributed by atoms with Crippen LogP contribution in [0.5, 0.6) is 11.5 Å². The van der Waals surface area contributed by atoms with E-state index in [1.165, 1.54) is 6.08 Å². The summed E-state index contributed by atoms with van der Waals surface area (Å²) in [5.74, 6) is 0.459. The van der Waals surface area contributed by atoms with Crippen LogP contribution in [0, 0.1) is 0 Å². The number of anilines is 2. The van der Waals surface area contributed by atoms with E-state index in [9.17, 15) is 9.59 Å². The normalized spacial score (nSPS) is 11.5. The lowest BCUT2D eigenvalue weighted by Gasteiger charge is -2.17. The molecule has 0 unspecified atom stereocenters. The molecule has 4 rings (SSSR count). The van der Waals surface area contributed by atoms with Gasteiger partial charge in [-0.1, -0.05) is 6.07 Å². The van der Waals surface area contributed by atoms with Gasteiger partial charge in [-0.2, -0.15) is 0 Å². The van der Waals surface area contributed by atoms with Gasteiger partial charge in [0.2, 0.25) is 5.95 Å². The molecule has 0 saturated heterocycles. The average molecular weight is 516 g/mol. The van der Waals surface area contributed by atoms with E-state index in [1.807, 2.05) is 18.2 Å². The number of nitrogens with two attached hydrogens (primary N) is 1. The highest BCUT2D eigenvalue weighted by atomic mass is 16.6. The zero-order valence-corrected chi connectivity index (χ0v) is 21.8. The summed E-state index contributed by atoms with van der Waals surface area (Å²) in [6.07, 6.45) is 6.28. The molecule has 1 amide bonds. The van der Waals surface area contributed by atoms with Crippen LogP contribution in [0.4, 0.5) is 11.6 Å². The molecule has 10 nitrogen and oxygen atoms in total. The first-order chi connectivity index (χ1) is 18.1. The second-order valence-corrected chi connectivity index (χ2v) is 9.35. The number of nitrogens with zero attached hydrogens (tertiary/aromatic N) is 3. The van der Waals surface area contributed by atoms with E-state index in [4.69, 9.17) is 24.9 Å². The zero-order chi connectivity index (χ0) is 27.4. The number of aromatic nitrogens is 3. The monoisotopic (exact) mass is 515 g/mol. The summed E-state index contributed by atoms with van der Waals surface area (Å²) in [5.41, 5.74) is 8.42. The van der Waals surface area contributed by atoms with E-state index in [1.54, 1.807) is 82.1 Å². The van der Waals surface area contributed by atoms with Crippen molar-refractivity contribution in [3.05, 3.63) is 72.1 Å². The lowest BCUT2D eigenvalue weighted by molar-refractivity contribution is -0.148. The van der Waals surface area contributed by atoms with Crippen LogP contribution < -0.4 is 20.5 Å². The maximum atomic E-state index is 12.3. The van der Waals surface area contributed by atoms with Gasteiger partial charge in [-0.15, -0.1) is 0 Å². The van der Waals surface area contributed by atoms with Crippen LogP contribution in [0.1, 0.15) is 36.7 Å². The number of fused-ring (bicyclic) bond motifs is 1. The van der Waals surface area contributed by atoms with Crippen LogP contribution in [-0.2, 0) is 9.53 Å². The predicted octanol–water partition coefficient (Wildman–Crippen LogP) is 4.61. The molecule has 4 aromatic rings. The zero-order valence-electron chi connectivity index (χ0n) is 21.8. The van der Waals surface area contributed by atoms with Crippen LogP contribution in [0.3, 0.4) is 0 Å². The summed E-state index contributed by atoms with van der Waals surface area (Å²) in [6, 6.07) is 12.4. The smallest absolute Gasteiger partial charge is 0.331 e. The van der Waals surface area contributed by atoms with Crippen molar-refractivity contribution >= 4 is 35.2 Å². The number of carbonyl (C=O) groups excluding carboxylic acids is 2. The van der Waals surface area contributed by atoms with Gasteiger partial charge >= 0.3 is 5.97 Å². The van der Waals surface area contributed by atoms with Crippen molar-refractivity contribution < 1.29 is 23.8 Å². The second-order valence-electron chi connectivity index (χ2n) is 9.35. The summed E-state index contributed by atoms with van der Waals surface area (Å²) in [4.78, 5) is 33.5. The molecule has 0 aliphatic carbocycles. The quantitative estimate of drug-likeness (QED) is 0.257. The molecule has 2 aromatic heterocycles. The number of nitrogens with one attached hydrogen (secondary N) is 1. The number of amides is 1. The molecule has 0 aliphatic heterocycles. The molecule has 0 atom stereocenters. The Morgan fingerprint density at radius 3 is 2.47 bits per heavy atom. The highest BCUT2D eigenvalue weighted by Crippen LogP contribution is 2.33. The minimum atomic E-state index is -0.641. The van der Waals surface area contributed by atoms with Crippen LogP contribution in [0.2, 0.25) is 0 Å². The van der Waals surface area contributed by atoms with E-state index in [0.717, 1.165) is 5.56 Å². The number of primary amides is 1. The molecular formula is C28H29N5O5. The minimum absolute atomic E-state index is 0.225. The number of hydrogen-bond acceptors (Lipinski definition) is 8. The SMILES string of the molecule is COc1ccc(-c2cc3nccn3c(Nc3ccc(C=CC(=O)OC(C)(C)C)cc3C(N)=O)n2)cc1OC. The summed E-state index contributed by atoms with van der Waals surface area (Å²) in [6.45, 7) is 5.36. The predicted molar refractivity (Wildman–Crippen MR) is 145 cm³/mol. The van der Waals surface area contributed by atoms with Gasteiger partial charge in [-0.05, 0) is 62.7 Å². The van der Waals surface area contributed by atoms with Crippen molar-refractivity contribution in [2.45, 2.75) is 26.4 Å². The fraction of sp³-hybridized carbons (Fsp3) is 0.214. The molecule has 0 saturated carbocycles. The van der Waals surface area contributed by atoms with Gasteiger partial charge < -0.3 is 25.3 Å². The van der Waals surface area contributed by atoms with Gasteiger partial charge in [-0.3, -0.25) is 9.20 Å². The highest BCUT2D eigenvalue weighted by Gasteiger charge is 2.16. The van der Waals surface area contributed by atoms with E-state index in [0.29, 0.717) is 40.0 Å². The number of hydrogen-bond donors (Lipinski definition) is 2. The fourth-order valence-electron chi connectivity index (χ4n) is 3.75. The number of methoxy groups -OCH3 is 2. The largest absolute Gasteiger partial charge is 0.493 e. The third kappa shape index (κ3) is 5.92. The minimum Gasteiger partial charge on any atom is -0.493 e. The van der Waals surface area contributed by atoms with E-state index < -0.39 is 17.5 Å². The second kappa shape index (κ2) is 10.6. The number of benzene rings is 2. The summed E-state index contributed by atoms with van der Waals surface area (Å²) < 4.78 is 17.8. The third-order valence-corrected chi connectivity index (χ3v) is 5.44. The average Bonchev–Trinajstić information content (AvgIpc) is 3.35. The Morgan fingerprint density at radius 2 is 1.79 bits per heavy atom. The summed E-state index contributed by atoms with van der Waals surface area (Å²) >= 11 is 0. The molecule has 0 bridgehead atoms. The molecule has 38 heavy (non-hydrogen) atoms. The standard InChI is InChI=1S/C28H29N5O5/c1-28(2,3)38-25(34)11-7-17-6-9-20(19(14-17)26(29)35)31-27-32-21(16-24-30-12-13-33(24)27)18-8-10-22(36-4)23(15-18)37-5/h6-16H,1-5H3,(H2,29,35)(H,31,32). The van der Waals surface area contributed by atoms with Crippen molar-refractivity contribution in [2.75, 3.05) is 19.5 Å². The topological polar surface area (TPSA) is 130 Å². The summed E-state index contributed by atoms with van der Waals surface area (Å²) in [7, 11) is 3.14. The number of ether oxygens (including phenoxy) is 3. The van der Waals surface area contributed by atoms with Gasteiger partial charge in [-0.25, -0.2) is 14.8 Å². The molecule has 2 aromatic carbocycles. The molecule has 2 heterocycles. The maximum absolute atomic E-state index is 12.3. The van der Waals surface area contributed by atoms with E-state index >= 15 is 0 Å². The Labute approximate surface area is 220 Å². The first kappa shape index (κ1) is 26.2. The fourth-order valence-corrected chi connectivity index (χ4v) is 3.75. The van der Waals surface area contributed by atoms with E-state index in [2.05, 4.69) is 10.3 Å². The molecular weight excluding hydrogens is 486 g/mol. The Kier molecular flexibility index (Phi) is 7.33. The van der Waals surface area contributed by atoms with Gasteiger partial charge in [0.1, 0.15) is 11.2 Å². The van der Waals surface area contributed by atoms with Gasteiger partial charge in [0.05, 0.1) is 31.2 Å². The number of carbonyl (C=O) groups is 2. The molecule has 0 fully saturated rings. The molecule has 196 valence electrons. The maximum Gasteiger partial charge on any atom is 0.331 e. The number of imidazole rings is 1. The first-order valence-electron chi connectivity index (χ1n) is 11.8. The molecule has 10 heteroatoms.